The fourth-order valence-corrected chi connectivity index (χ4v) is 7.40. The van der Waals surface area contributed by atoms with E-state index in [4.69, 9.17) is 26.1 Å². The van der Waals surface area contributed by atoms with Crippen LogP contribution in [0.4, 0.5) is 0 Å². The summed E-state index contributed by atoms with van der Waals surface area (Å²) in [6.45, 7) is 0.961. The van der Waals surface area contributed by atoms with Crippen LogP contribution in [0.2, 0.25) is 5.02 Å². The molecule has 7 rings (SSSR count). The van der Waals surface area contributed by atoms with E-state index in [0.717, 1.165) is 58.8 Å². The minimum Gasteiger partial charge on any atom is -0.504 e. The highest BCUT2D eigenvalue weighted by atomic mass is 35.5. The number of fused-ring (bicyclic) bond motifs is 2. The number of nitrogens with zero attached hydrogens (tertiary/aromatic N) is 2. The van der Waals surface area contributed by atoms with Crippen molar-refractivity contribution < 1.29 is 14.6 Å². The summed E-state index contributed by atoms with van der Waals surface area (Å²) in [6, 6.07) is 14.2. The van der Waals surface area contributed by atoms with Crippen LogP contribution < -0.4 is 4.74 Å². The van der Waals surface area contributed by atoms with Crippen LogP contribution in [0, 0.1) is 0 Å². The fraction of sp³-hybridized carbons (Fsp3) is 0.370. The molecule has 2 aliphatic heterocycles. The van der Waals surface area contributed by atoms with Gasteiger partial charge < -0.3 is 19.5 Å². The second-order valence-corrected chi connectivity index (χ2v) is 10.3. The van der Waals surface area contributed by atoms with Gasteiger partial charge in [-0.15, -0.1) is 0 Å². The minimum atomic E-state index is -0.454. The van der Waals surface area contributed by atoms with Crippen LogP contribution >= 0.6 is 11.6 Å². The summed E-state index contributed by atoms with van der Waals surface area (Å²) < 4.78 is 13.2. The number of rotatable bonds is 2. The van der Waals surface area contributed by atoms with Crippen LogP contribution in [-0.2, 0) is 23.0 Å². The standard InChI is InChI=1S/C27H25ClN2O3/c1-30-10-9-26-22-16-5-8-20(31)24(22)33-25(26)23-17(13-27(26,32-2)21(30)12-16)11-18(14-29-23)15-3-6-19(28)7-4-15/h3-8,11,14,21,25,31H,9-10,12-13H2,1-2H3/t21-,25+,26+,27-/m1/s1. The van der Waals surface area contributed by atoms with E-state index in [1.54, 1.807) is 6.07 Å². The summed E-state index contributed by atoms with van der Waals surface area (Å²) in [5, 5.41) is 11.5. The Morgan fingerprint density at radius 1 is 1.15 bits per heavy atom. The van der Waals surface area contributed by atoms with Gasteiger partial charge in [0.15, 0.2) is 17.6 Å². The van der Waals surface area contributed by atoms with E-state index in [1.165, 1.54) is 5.56 Å². The van der Waals surface area contributed by atoms with Gasteiger partial charge in [0.05, 0.1) is 11.1 Å². The van der Waals surface area contributed by atoms with Crippen molar-refractivity contribution in [2.75, 3.05) is 20.7 Å². The molecule has 0 radical (unpaired) electrons. The second-order valence-electron chi connectivity index (χ2n) is 9.91. The van der Waals surface area contributed by atoms with Crippen molar-refractivity contribution in [2.24, 2.45) is 0 Å². The molecule has 1 saturated heterocycles. The number of halogens is 1. The van der Waals surface area contributed by atoms with Gasteiger partial charge in [-0.1, -0.05) is 29.8 Å². The SMILES string of the molecule is CO[C@@]12Cc3cc(-c4ccc(Cl)cc4)cnc3[C@@H]3Oc4c(O)ccc5c4[C@@]31CCN(C)[C@@H]2C5. The molecule has 3 aromatic rings. The smallest absolute Gasteiger partial charge is 0.166 e. The summed E-state index contributed by atoms with van der Waals surface area (Å²) in [4.78, 5) is 7.42. The van der Waals surface area contributed by atoms with Gasteiger partial charge in [0.1, 0.15) is 5.60 Å². The summed E-state index contributed by atoms with van der Waals surface area (Å²) in [7, 11) is 4.05. The average Bonchev–Trinajstić information content (AvgIpc) is 3.18. The van der Waals surface area contributed by atoms with E-state index in [0.29, 0.717) is 5.75 Å². The number of likely N-dealkylation sites (N-methyl/N-ethyl adjacent to an activating group) is 1. The Morgan fingerprint density at radius 2 is 1.97 bits per heavy atom. The first kappa shape index (κ1) is 19.8. The van der Waals surface area contributed by atoms with Crippen LogP contribution in [-0.4, -0.2) is 47.3 Å². The monoisotopic (exact) mass is 460 g/mol. The third-order valence-corrected chi connectivity index (χ3v) is 8.95. The van der Waals surface area contributed by atoms with Crippen LogP contribution in [0.1, 0.15) is 34.9 Å². The lowest BCUT2D eigenvalue weighted by Gasteiger charge is -2.63. The molecule has 4 aliphatic rings. The van der Waals surface area contributed by atoms with E-state index < -0.39 is 5.60 Å². The molecule has 2 aliphatic carbocycles. The number of aromatic hydroxyl groups is 1. The molecule has 5 nitrogen and oxygen atoms in total. The number of pyridine rings is 1. The molecule has 3 heterocycles. The van der Waals surface area contributed by atoms with Crippen molar-refractivity contribution in [1.29, 1.82) is 0 Å². The van der Waals surface area contributed by atoms with Crippen LogP contribution in [0.15, 0.2) is 48.7 Å². The van der Waals surface area contributed by atoms with Crippen molar-refractivity contribution in [3.63, 3.8) is 0 Å². The summed E-state index contributed by atoms with van der Waals surface area (Å²) in [6.07, 6.45) is 4.20. The van der Waals surface area contributed by atoms with Crippen molar-refractivity contribution >= 4 is 11.6 Å². The van der Waals surface area contributed by atoms with Gasteiger partial charge in [-0.25, -0.2) is 0 Å². The van der Waals surface area contributed by atoms with Gasteiger partial charge in [0, 0.05) is 41.9 Å². The number of aromatic nitrogens is 1. The van der Waals surface area contributed by atoms with Crippen LogP contribution in [0.25, 0.3) is 11.1 Å². The van der Waals surface area contributed by atoms with Crippen molar-refractivity contribution in [1.82, 2.24) is 9.88 Å². The number of hydrogen-bond donors (Lipinski definition) is 1. The number of phenols is 1. The highest BCUT2D eigenvalue weighted by molar-refractivity contribution is 6.30. The highest BCUT2D eigenvalue weighted by Gasteiger charge is 2.73. The quantitative estimate of drug-likeness (QED) is 0.601. The fourth-order valence-electron chi connectivity index (χ4n) is 7.27. The van der Waals surface area contributed by atoms with E-state index in [-0.39, 0.29) is 23.3 Å². The maximum absolute atomic E-state index is 10.8. The van der Waals surface area contributed by atoms with E-state index >= 15 is 0 Å². The largest absolute Gasteiger partial charge is 0.504 e. The molecule has 1 N–H and O–H groups in total. The van der Waals surface area contributed by atoms with Crippen molar-refractivity contribution in [3.8, 4) is 22.6 Å². The second kappa shape index (κ2) is 6.50. The first-order valence-corrected chi connectivity index (χ1v) is 11.9. The van der Waals surface area contributed by atoms with Gasteiger partial charge in [0.25, 0.3) is 0 Å². The lowest BCUT2D eigenvalue weighted by atomic mass is 9.49. The molecule has 33 heavy (non-hydrogen) atoms. The van der Waals surface area contributed by atoms with Crippen molar-refractivity contribution in [3.05, 3.63) is 76.1 Å². The first-order chi connectivity index (χ1) is 16.0. The van der Waals surface area contributed by atoms with Gasteiger partial charge in [-0.2, -0.15) is 0 Å². The number of phenolic OH excluding ortho intramolecular Hbond substituents is 1. The molecule has 0 unspecified atom stereocenters. The zero-order chi connectivity index (χ0) is 22.5. The highest BCUT2D eigenvalue weighted by Crippen LogP contribution is 2.69. The molecule has 0 amide bonds. The topological polar surface area (TPSA) is 54.8 Å². The predicted octanol–water partition coefficient (Wildman–Crippen LogP) is 4.68. The predicted molar refractivity (Wildman–Crippen MR) is 126 cm³/mol. The Bertz CT molecular complexity index is 1310. The summed E-state index contributed by atoms with van der Waals surface area (Å²) >= 11 is 6.11. The van der Waals surface area contributed by atoms with Crippen LogP contribution in [0.3, 0.4) is 0 Å². The zero-order valence-corrected chi connectivity index (χ0v) is 19.4. The van der Waals surface area contributed by atoms with Crippen molar-refractivity contribution in [2.45, 2.75) is 42.4 Å². The maximum atomic E-state index is 10.8. The average molecular weight is 461 g/mol. The number of benzene rings is 2. The normalized spacial score (nSPS) is 31.0. The molecular weight excluding hydrogens is 436 g/mol. The summed E-state index contributed by atoms with van der Waals surface area (Å²) in [5.74, 6) is 0.831. The third kappa shape index (κ3) is 2.28. The Labute approximate surface area is 197 Å². The molecule has 0 saturated carbocycles. The van der Waals surface area contributed by atoms with E-state index in [2.05, 4.69) is 24.1 Å². The minimum absolute atomic E-state index is 0.208. The molecular formula is C27H25ClN2O3. The summed E-state index contributed by atoms with van der Waals surface area (Å²) in [5.41, 5.74) is 5.85. The Kier molecular flexibility index (Phi) is 3.91. The zero-order valence-electron chi connectivity index (χ0n) is 18.6. The Balaban J connectivity index is 1.48. The first-order valence-electron chi connectivity index (χ1n) is 11.5. The van der Waals surface area contributed by atoms with Gasteiger partial charge in [-0.05, 0) is 67.4 Å². The van der Waals surface area contributed by atoms with Gasteiger partial charge in [-0.3, -0.25) is 4.98 Å². The third-order valence-electron chi connectivity index (χ3n) is 8.69. The number of hydrogen-bond acceptors (Lipinski definition) is 5. The van der Waals surface area contributed by atoms with Crippen LogP contribution in [0.5, 0.6) is 11.5 Å². The number of likely N-dealkylation sites (tertiary alicyclic amines) is 1. The number of piperidine rings is 1. The molecule has 168 valence electrons. The van der Waals surface area contributed by atoms with E-state index in [9.17, 15) is 5.11 Å². The van der Waals surface area contributed by atoms with E-state index in [1.807, 2.05) is 37.6 Å². The Hall–Kier alpha value is -2.60. The lowest BCUT2D eigenvalue weighted by molar-refractivity contribution is -0.186. The molecule has 1 spiro atoms. The molecule has 6 heteroatoms. The molecule has 4 atom stereocenters. The van der Waals surface area contributed by atoms with Gasteiger partial charge >= 0.3 is 0 Å². The number of methoxy groups -OCH3 is 1. The van der Waals surface area contributed by atoms with Gasteiger partial charge in [0.2, 0.25) is 0 Å². The number of ether oxygens (including phenoxy) is 2. The Morgan fingerprint density at radius 3 is 2.76 bits per heavy atom. The maximum Gasteiger partial charge on any atom is 0.166 e. The molecule has 2 aromatic carbocycles. The lowest BCUT2D eigenvalue weighted by Crippen LogP contribution is -2.74. The molecule has 1 aromatic heterocycles. The molecule has 2 bridgehead atoms. The molecule has 1 fully saturated rings.